The minimum absolute atomic E-state index is 0.182. The number of anilines is 1. The molecule has 114 valence electrons. The quantitative estimate of drug-likeness (QED) is 0.745. The van der Waals surface area contributed by atoms with E-state index < -0.39 is 5.60 Å². The topological polar surface area (TPSA) is 55.6 Å². The van der Waals surface area contributed by atoms with Gasteiger partial charge in [-0.1, -0.05) is 6.07 Å². The summed E-state index contributed by atoms with van der Waals surface area (Å²) in [6, 6.07) is 6.38. The largest absolute Gasteiger partial charge is 0.444 e. The van der Waals surface area contributed by atoms with Gasteiger partial charge in [-0.05, 0) is 63.3 Å². The average Bonchev–Trinajstić information content (AvgIpc) is 2.73. The van der Waals surface area contributed by atoms with Crippen LogP contribution >= 0.6 is 0 Å². The van der Waals surface area contributed by atoms with Crippen LogP contribution in [0.25, 0.3) is 0 Å². The van der Waals surface area contributed by atoms with Crippen LogP contribution in [0.3, 0.4) is 0 Å². The number of carbonyl (C=O) groups excluding carboxylic acids is 1. The molecule has 21 heavy (non-hydrogen) atoms. The van der Waals surface area contributed by atoms with E-state index in [0.717, 1.165) is 31.5 Å². The number of rotatable bonds is 0. The minimum atomic E-state index is -0.445. The lowest BCUT2D eigenvalue weighted by atomic mass is 9.89. The molecule has 0 radical (unpaired) electrons. The first kappa shape index (κ1) is 14.2. The number of nitrogens with zero attached hydrogens (tertiary/aromatic N) is 1. The molecule has 2 aliphatic rings. The van der Waals surface area contributed by atoms with Crippen molar-refractivity contribution >= 4 is 11.8 Å². The van der Waals surface area contributed by atoms with Gasteiger partial charge < -0.3 is 15.4 Å². The number of hydrogen-bond donors (Lipinski definition) is 1. The number of ether oxygens (including phenoxy) is 1. The zero-order chi connectivity index (χ0) is 15.2. The molecule has 2 atom stereocenters. The molecule has 1 unspecified atom stereocenters. The van der Waals surface area contributed by atoms with Gasteiger partial charge in [-0.15, -0.1) is 0 Å². The summed E-state index contributed by atoms with van der Waals surface area (Å²) in [4.78, 5) is 14.4. The highest BCUT2D eigenvalue weighted by Gasteiger charge is 2.41. The van der Waals surface area contributed by atoms with Gasteiger partial charge >= 0.3 is 6.09 Å². The number of benzene rings is 1. The van der Waals surface area contributed by atoms with Crippen molar-refractivity contribution in [3.8, 4) is 0 Å². The van der Waals surface area contributed by atoms with Crippen molar-refractivity contribution < 1.29 is 9.53 Å². The second-order valence-corrected chi connectivity index (χ2v) is 7.15. The van der Waals surface area contributed by atoms with Gasteiger partial charge in [0, 0.05) is 24.2 Å². The van der Waals surface area contributed by atoms with Crippen LogP contribution in [0, 0.1) is 0 Å². The summed E-state index contributed by atoms with van der Waals surface area (Å²) < 4.78 is 5.57. The fourth-order valence-corrected chi connectivity index (χ4v) is 3.61. The molecule has 1 heterocycles. The first-order valence-electron chi connectivity index (χ1n) is 7.73. The third-order valence-electron chi connectivity index (χ3n) is 4.40. The standard InChI is InChI=1S/C17H24N2O2/c1-17(2,3)21-16(20)19-8-4-5-14-13-7-6-12(18)9-11(13)10-15(14)19/h6-7,9,14-15H,4-5,8,10,18H2,1-3H3/t14?,15-/m0/s1. The number of hydrogen-bond acceptors (Lipinski definition) is 3. The van der Waals surface area contributed by atoms with Gasteiger partial charge in [0.2, 0.25) is 0 Å². The van der Waals surface area contributed by atoms with Crippen LogP contribution in [-0.2, 0) is 11.2 Å². The van der Waals surface area contributed by atoms with Gasteiger partial charge in [0.15, 0.2) is 0 Å². The van der Waals surface area contributed by atoms with Gasteiger partial charge in [-0.3, -0.25) is 0 Å². The zero-order valence-electron chi connectivity index (χ0n) is 13.1. The maximum absolute atomic E-state index is 12.5. The maximum Gasteiger partial charge on any atom is 0.410 e. The van der Waals surface area contributed by atoms with Crippen molar-refractivity contribution in [2.45, 2.75) is 57.6 Å². The van der Waals surface area contributed by atoms with Crippen LogP contribution in [0.15, 0.2) is 18.2 Å². The monoisotopic (exact) mass is 288 g/mol. The third-order valence-corrected chi connectivity index (χ3v) is 4.40. The Morgan fingerprint density at radius 1 is 1.38 bits per heavy atom. The highest BCUT2D eigenvalue weighted by molar-refractivity contribution is 5.69. The third kappa shape index (κ3) is 2.71. The molecule has 0 spiro atoms. The SMILES string of the molecule is CC(C)(C)OC(=O)N1CCCC2c3ccc(N)cc3C[C@@H]21. The first-order chi connectivity index (χ1) is 9.85. The molecule has 1 aromatic carbocycles. The summed E-state index contributed by atoms with van der Waals surface area (Å²) >= 11 is 0. The highest BCUT2D eigenvalue weighted by Crippen LogP contribution is 2.43. The van der Waals surface area contributed by atoms with Crippen molar-refractivity contribution in [1.29, 1.82) is 0 Å². The number of piperidine rings is 1. The molecule has 1 amide bonds. The van der Waals surface area contributed by atoms with Gasteiger partial charge in [-0.2, -0.15) is 0 Å². The molecular formula is C17H24N2O2. The second-order valence-electron chi connectivity index (χ2n) is 7.15. The molecule has 3 rings (SSSR count). The molecule has 1 aromatic rings. The van der Waals surface area contributed by atoms with Crippen LogP contribution in [0.4, 0.5) is 10.5 Å². The molecule has 0 saturated carbocycles. The summed E-state index contributed by atoms with van der Waals surface area (Å²) in [6.45, 7) is 6.53. The van der Waals surface area contributed by atoms with E-state index in [1.54, 1.807) is 0 Å². The fraction of sp³-hybridized carbons (Fsp3) is 0.588. The van der Waals surface area contributed by atoms with E-state index in [2.05, 4.69) is 12.1 Å². The molecule has 1 aliphatic heterocycles. The Labute approximate surface area is 126 Å². The van der Waals surface area contributed by atoms with Crippen molar-refractivity contribution in [1.82, 2.24) is 4.90 Å². The molecule has 1 saturated heterocycles. The lowest BCUT2D eigenvalue weighted by Crippen LogP contribution is -2.48. The van der Waals surface area contributed by atoms with Gasteiger partial charge in [0.05, 0.1) is 0 Å². The summed E-state index contributed by atoms with van der Waals surface area (Å²) in [6.07, 6.45) is 2.88. The number of likely N-dealkylation sites (tertiary alicyclic amines) is 1. The number of fused-ring (bicyclic) bond motifs is 3. The van der Waals surface area contributed by atoms with E-state index in [9.17, 15) is 4.79 Å². The molecule has 2 N–H and O–H groups in total. The summed E-state index contributed by atoms with van der Waals surface area (Å²) in [5.41, 5.74) is 8.91. The Kier molecular flexibility index (Phi) is 3.34. The van der Waals surface area contributed by atoms with Crippen LogP contribution in [-0.4, -0.2) is 29.2 Å². The summed E-state index contributed by atoms with van der Waals surface area (Å²) in [5, 5.41) is 0. The van der Waals surface area contributed by atoms with Gasteiger partial charge in [0.25, 0.3) is 0 Å². The molecule has 4 nitrogen and oxygen atoms in total. The van der Waals surface area contributed by atoms with Gasteiger partial charge in [0.1, 0.15) is 5.60 Å². The number of carbonyl (C=O) groups is 1. The molecule has 1 aliphatic carbocycles. The van der Waals surface area contributed by atoms with E-state index in [1.165, 1.54) is 11.1 Å². The van der Waals surface area contributed by atoms with E-state index >= 15 is 0 Å². The first-order valence-corrected chi connectivity index (χ1v) is 7.73. The van der Waals surface area contributed by atoms with Crippen LogP contribution in [0.1, 0.15) is 50.7 Å². The lowest BCUT2D eigenvalue weighted by Gasteiger charge is -2.38. The van der Waals surface area contributed by atoms with E-state index in [1.807, 2.05) is 31.7 Å². The second kappa shape index (κ2) is 4.93. The molecule has 1 fully saturated rings. The Morgan fingerprint density at radius 2 is 2.14 bits per heavy atom. The smallest absolute Gasteiger partial charge is 0.410 e. The number of nitrogen functional groups attached to an aromatic ring is 1. The van der Waals surface area contributed by atoms with E-state index in [4.69, 9.17) is 10.5 Å². The maximum atomic E-state index is 12.5. The summed E-state index contributed by atoms with van der Waals surface area (Å²) in [5.74, 6) is 0.432. The number of amides is 1. The van der Waals surface area contributed by atoms with Crippen LogP contribution < -0.4 is 5.73 Å². The summed E-state index contributed by atoms with van der Waals surface area (Å²) in [7, 11) is 0. The fourth-order valence-electron chi connectivity index (χ4n) is 3.61. The van der Waals surface area contributed by atoms with Crippen LogP contribution in [0.2, 0.25) is 0 Å². The molecule has 4 heteroatoms. The molecule has 0 bridgehead atoms. The zero-order valence-corrected chi connectivity index (χ0v) is 13.1. The predicted octanol–water partition coefficient (Wildman–Crippen LogP) is 3.31. The van der Waals surface area contributed by atoms with Crippen LogP contribution in [0.5, 0.6) is 0 Å². The predicted molar refractivity (Wildman–Crippen MR) is 83.3 cm³/mol. The highest BCUT2D eigenvalue weighted by atomic mass is 16.6. The lowest BCUT2D eigenvalue weighted by molar-refractivity contribution is 0.00833. The Morgan fingerprint density at radius 3 is 2.86 bits per heavy atom. The normalized spacial score (nSPS) is 24.4. The minimum Gasteiger partial charge on any atom is -0.444 e. The van der Waals surface area contributed by atoms with Gasteiger partial charge in [-0.25, -0.2) is 4.79 Å². The number of nitrogens with two attached hydrogens (primary N) is 1. The van der Waals surface area contributed by atoms with E-state index in [-0.39, 0.29) is 12.1 Å². The van der Waals surface area contributed by atoms with Crippen molar-refractivity contribution in [2.75, 3.05) is 12.3 Å². The average molecular weight is 288 g/mol. The van der Waals surface area contributed by atoms with Crippen molar-refractivity contribution in [3.05, 3.63) is 29.3 Å². The molecular weight excluding hydrogens is 264 g/mol. The van der Waals surface area contributed by atoms with Crippen molar-refractivity contribution in [2.24, 2.45) is 0 Å². The van der Waals surface area contributed by atoms with E-state index in [0.29, 0.717) is 5.92 Å². The Balaban J connectivity index is 1.83. The molecule has 0 aromatic heterocycles. The Bertz CT molecular complexity index is 562. The Hall–Kier alpha value is -1.71. The van der Waals surface area contributed by atoms with Crippen molar-refractivity contribution in [3.63, 3.8) is 0 Å².